The number of nitrogens with zero attached hydrogens (tertiary/aromatic N) is 2. The summed E-state index contributed by atoms with van der Waals surface area (Å²) < 4.78 is 7.07. The standard InChI is InChI=1S/C10H18N2O/c1-4-9-8-10(5-2)12(11-9)6-7-13-3/h8H,4-7H2,1-3H3. The fourth-order valence-electron chi connectivity index (χ4n) is 1.34. The van der Waals surface area contributed by atoms with Gasteiger partial charge in [0.05, 0.1) is 18.8 Å². The van der Waals surface area contributed by atoms with E-state index in [-0.39, 0.29) is 0 Å². The first-order chi connectivity index (χ1) is 6.31. The van der Waals surface area contributed by atoms with Crippen LogP contribution < -0.4 is 0 Å². The number of ether oxygens (including phenoxy) is 1. The van der Waals surface area contributed by atoms with E-state index >= 15 is 0 Å². The Balaban J connectivity index is 2.71. The third-order valence-corrected chi connectivity index (χ3v) is 2.15. The highest BCUT2D eigenvalue weighted by Crippen LogP contribution is 2.05. The molecule has 0 unspecified atom stereocenters. The van der Waals surface area contributed by atoms with Crippen LogP contribution in [0.3, 0.4) is 0 Å². The molecule has 3 heteroatoms. The molecule has 0 saturated carbocycles. The topological polar surface area (TPSA) is 27.1 Å². The van der Waals surface area contributed by atoms with Crippen LogP contribution in [0.1, 0.15) is 25.2 Å². The van der Waals surface area contributed by atoms with E-state index in [2.05, 4.69) is 25.0 Å². The van der Waals surface area contributed by atoms with Gasteiger partial charge in [-0.25, -0.2) is 0 Å². The van der Waals surface area contributed by atoms with Gasteiger partial charge in [-0.3, -0.25) is 4.68 Å². The number of aryl methyl sites for hydroxylation is 2. The lowest BCUT2D eigenvalue weighted by atomic mass is 10.3. The molecular formula is C10H18N2O. The first-order valence-corrected chi connectivity index (χ1v) is 4.86. The van der Waals surface area contributed by atoms with Crippen molar-refractivity contribution in [3.63, 3.8) is 0 Å². The van der Waals surface area contributed by atoms with Crippen LogP contribution in [0.25, 0.3) is 0 Å². The number of methoxy groups -OCH3 is 1. The van der Waals surface area contributed by atoms with Gasteiger partial charge in [0.2, 0.25) is 0 Å². The molecule has 0 N–H and O–H groups in total. The second kappa shape index (κ2) is 5.02. The van der Waals surface area contributed by atoms with Gasteiger partial charge in [0.1, 0.15) is 0 Å². The number of aromatic nitrogens is 2. The SMILES string of the molecule is CCc1cc(CC)n(CCOC)n1. The number of hydrogen-bond donors (Lipinski definition) is 0. The molecule has 1 aromatic heterocycles. The lowest BCUT2D eigenvalue weighted by Gasteiger charge is -2.03. The second-order valence-electron chi connectivity index (χ2n) is 3.05. The molecule has 1 rings (SSSR count). The third-order valence-electron chi connectivity index (χ3n) is 2.15. The van der Waals surface area contributed by atoms with E-state index in [4.69, 9.17) is 4.74 Å². The maximum atomic E-state index is 5.03. The smallest absolute Gasteiger partial charge is 0.0658 e. The Hall–Kier alpha value is -0.830. The Morgan fingerprint density at radius 3 is 2.69 bits per heavy atom. The van der Waals surface area contributed by atoms with Gasteiger partial charge in [0, 0.05) is 12.8 Å². The first kappa shape index (κ1) is 10.3. The van der Waals surface area contributed by atoms with E-state index in [0.717, 1.165) is 26.0 Å². The molecule has 0 aliphatic heterocycles. The second-order valence-corrected chi connectivity index (χ2v) is 3.05. The van der Waals surface area contributed by atoms with E-state index in [9.17, 15) is 0 Å². The molecule has 0 aromatic carbocycles. The Bertz CT molecular complexity index is 255. The summed E-state index contributed by atoms with van der Waals surface area (Å²) in [6.07, 6.45) is 2.05. The van der Waals surface area contributed by atoms with Gasteiger partial charge in [-0.1, -0.05) is 13.8 Å². The molecule has 0 fully saturated rings. The van der Waals surface area contributed by atoms with Crippen LogP contribution >= 0.6 is 0 Å². The minimum Gasteiger partial charge on any atom is -0.383 e. The minimum atomic E-state index is 0.734. The Labute approximate surface area is 79.7 Å². The van der Waals surface area contributed by atoms with Crippen LogP contribution in [0.5, 0.6) is 0 Å². The lowest BCUT2D eigenvalue weighted by molar-refractivity contribution is 0.182. The summed E-state index contributed by atoms with van der Waals surface area (Å²) in [5.74, 6) is 0. The van der Waals surface area contributed by atoms with Gasteiger partial charge in [0.15, 0.2) is 0 Å². The molecule has 74 valence electrons. The van der Waals surface area contributed by atoms with Crippen molar-refractivity contribution < 1.29 is 4.74 Å². The van der Waals surface area contributed by atoms with Crippen molar-refractivity contribution in [2.75, 3.05) is 13.7 Å². The Kier molecular flexibility index (Phi) is 3.96. The summed E-state index contributed by atoms with van der Waals surface area (Å²) in [5, 5.41) is 4.47. The quantitative estimate of drug-likeness (QED) is 0.692. The van der Waals surface area contributed by atoms with Crippen LogP contribution in [-0.2, 0) is 24.1 Å². The highest BCUT2D eigenvalue weighted by Gasteiger charge is 2.03. The lowest BCUT2D eigenvalue weighted by Crippen LogP contribution is -2.09. The van der Waals surface area contributed by atoms with Crippen LogP contribution in [0.2, 0.25) is 0 Å². The zero-order valence-electron chi connectivity index (χ0n) is 8.71. The summed E-state index contributed by atoms with van der Waals surface area (Å²) in [6, 6.07) is 2.18. The van der Waals surface area contributed by atoms with E-state index in [0.29, 0.717) is 0 Å². The van der Waals surface area contributed by atoms with E-state index in [1.807, 2.05) is 4.68 Å². The average molecular weight is 182 g/mol. The van der Waals surface area contributed by atoms with E-state index in [1.165, 1.54) is 11.4 Å². The average Bonchev–Trinajstić information content (AvgIpc) is 2.57. The molecule has 0 bridgehead atoms. The van der Waals surface area contributed by atoms with Gasteiger partial charge < -0.3 is 4.74 Å². The summed E-state index contributed by atoms with van der Waals surface area (Å²) in [5.41, 5.74) is 2.47. The third kappa shape index (κ3) is 2.56. The molecule has 0 saturated heterocycles. The summed E-state index contributed by atoms with van der Waals surface area (Å²) in [7, 11) is 1.72. The van der Waals surface area contributed by atoms with Crippen molar-refractivity contribution in [1.82, 2.24) is 9.78 Å². The van der Waals surface area contributed by atoms with Crippen LogP contribution in [-0.4, -0.2) is 23.5 Å². The molecule has 3 nitrogen and oxygen atoms in total. The van der Waals surface area contributed by atoms with Crippen LogP contribution in [0, 0.1) is 0 Å². The summed E-state index contributed by atoms with van der Waals surface area (Å²) in [6.45, 7) is 5.87. The molecule has 0 amide bonds. The zero-order valence-corrected chi connectivity index (χ0v) is 8.71. The summed E-state index contributed by atoms with van der Waals surface area (Å²) in [4.78, 5) is 0. The molecular weight excluding hydrogens is 164 g/mol. The minimum absolute atomic E-state index is 0.734. The Morgan fingerprint density at radius 1 is 1.38 bits per heavy atom. The highest BCUT2D eigenvalue weighted by atomic mass is 16.5. The van der Waals surface area contributed by atoms with Crippen molar-refractivity contribution in [2.24, 2.45) is 0 Å². The normalized spacial score (nSPS) is 10.7. The van der Waals surface area contributed by atoms with E-state index < -0.39 is 0 Å². The fourth-order valence-corrected chi connectivity index (χ4v) is 1.34. The van der Waals surface area contributed by atoms with Gasteiger partial charge in [-0.2, -0.15) is 5.10 Å². The monoisotopic (exact) mass is 182 g/mol. The van der Waals surface area contributed by atoms with Crippen molar-refractivity contribution in [3.8, 4) is 0 Å². The van der Waals surface area contributed by atoms with E-state index in [1.54, 1.807) is 7.11 Å². The predicted octanol–water partition coefficient (Wildman–Crippen LogP) is 1.65. The zero-order chi connectivity index (χ0) is 9.68. The molecule has 0 radical (unpaired) electrons. The van der Waals surface area contributed by atoms with Crippen molar-refractivity contribution in [1.29, 1.82) is 0 Å². The van der Waals surface area contributed by atoms with Gasteiger partial charge in [-0.05, 0) is 18.9 Å². The van der Waals surface area contributed by atoms with Crippen molar-refractivity contribution >= 4 is 0 Å². The van der Waals surface area contributed by atoms with Gasteiger partial charge in [0.25, 0.3) is 0 Å². The Morgan fingerprint density at radius 2 is 2.15 bits per heavy atom. The molecule has 1 heterocycles. The van der Waals surface area contributed by atoms with Crippen LogP contribution in [0.4, 0.5) is 0 Å². The predicted molar refractivity (Wildman–Crippen MR) is 52.9 cm³/mol. The number of hydrogen-bond acceptors (Lipinski definition) is 2. The van der Waals surface area contributed by atoms with Crippen LogP contribution in [0.15, 0.2) is 6.07 Å². The number of rotatable bonds is 5. The maximum absolute atomic E-state index is 5.03. The largest absolute Gasteiger partial charge is 0.383 e. The molecule has 1 aromatic rings. The molecule has 0 aliphatic carbocycles. The van der Waals surface area contributed by atoms with Crippen molar-refractivity contribution in [2.45, 2.75) is 33.2 Å². The molecule has 0 spiro atoms. The molecule has 0 aliphatic rings. The molecule has 0 atom stereocenters. The highest BCUT2D eigenvalue weighted by molar-refractivity contribution is 5.10. The first-order valence-electron chi connectivity index (χ1n) is 4.86. The maximum Gasteiger partial charge on any atom is 0.0658 e. The van der Waals surface area contributed by atoms with Gasteiger partial charge in [-0.15, -0.1) is 0 Å². The molecule has 13 heavy (non-hydrogen) atoms. The summed E-state index contributed by atoms with van der Waals surface area (Å²) >= 11 is 0. The fraction of sp³-hybridized carbons (Fsp3) is 0.700. The van der Waals surface area contributed by atoms with Crippen molar-refractivity contribution in [3.05, 3.63) is 17.5 Å². The van der Waals surface area contributed by atoms with Gasteiger partial charge >= 0.3 is 0 Å².